The molecule has 0 spiro atoms. The lowest BCUT2D eigenvalue weighted by molar-refractivity contribution is 0.574. The number of hydrogen-bond acceptors (Lipinski definition) is 4. The first kappa shape index (κ1) is 12.7. The second-order valence-electron chi connectivity index (χ2n) is 5.58. The lowest BCUT2D eigenvalue weighted by atomic mass is 10.2. The Morgan fingerprint density at radius 1 is 1.42 bits per heavy atom. The van der Waals surface area contributed by atoms with Crippen LogP contribution in [-0.4, -0.2) is 35.1 Å². The van der Waals surface area contributed by atoms with Gasteiger partial charge in [-0.05, 0) is 32.2 Å². The van der Waals surface area contributed by atoms with E-state index in [9.17, 15) is 4.79 Å². The zero-order valence-corrected chi connectivity index (χ0v) is 11.5. The second-order valence-corrected chi connectivity index (χ2v) is 5.58. The SMILES string of the molecule is CCc1nc(N(CC2CCCN2)C2CC2)cc(=O)[nH]1. The molecule has 1 saturated carbocycles. The van der Waals surface area contributed by atoms with Gasteiger partial charge in [0.15, 0.2) is 0 Å². The lowest BCUT2D eigenvalue weighted by Crippen LogP contribution is -2.40. The van der Waals surface area contributed by atoms with Gasteiger partial charge >= 0.3 is 0 Å². The number of rotatable bonds is 5. The standard InChI is InChI=1S/C14H22N4O/c1-2-12-16-13(8-14(19)17-12)18(11-5-6-11)9-10-4-3-7-15-10/h8,10-11,15H,2-7,9H2,1H3,(H,16,17,19). The quantitative estimate of drug-likeness (QED) is 0.833. The van der Waals surface area contributed by atoms with Crippen LogP contribution >= 0.6 is 0 Å². The summed E-state index contributed by atoms with van der Waals surface area (Å²) in [4.78, 5) is 21.4. The first-order valence-corrected chi connectivity index (χ1v) is 7.36. The highest BCUT2D eigenvalue weighted by molar-refractivity contribution is 5.41. The number of H-pyrrole nitrogens is 1. The van der Waals surface area contributed by atoms with Crippen molar-refractivity contribution >= 4 is 5.82 Å². The highest BCUT2D eigenvalue weighted by Gasteiger charge is 2.32. The third-order valence-corrected chi connectivity index (χ3v) is 3.97. The van der Waals surface area contributed by atoms with Gasteiger partial charge in [-0.1, -0.05) is 6.92 Å². The Morgan fingerprint density at radius 3 is 2.89 bits per heavy atom. The summed E-state index contributed by atoms with van der Waals surface area (Å²) >= 11 is 0. The minimum atomic E-state index is -0.0353. The van der Waals surface area contributed by atoms with Crippen LogP contribution in [0.4, 0.5) is 5.82 Å². The first-order chi connectivity index (χ1) is 9.26. The smallest absolute Gasteiger partial charge is 0.252 e. The predicted octanol–water partition coefficient (Wildman–Crippen LogP) is 1.05. The summed E-state index contributed by atoms with van der Waals surface area (Å²) in [7, 11) is 0. The molecule has 1 aliphatic heterocycles. The summed E-state index contributed by atoms with van der Waals surface area (Å²) in [6, 6.07) is 2.78. The molecule has 1 aliphatic carbocycles. The van der Waals surface area contributed by atoms with Crippen molar-refractivity contribution in [2.24, 2.45) is 0 Å². The fourth-order valence-corrected chi connectivity index (χ4v) is 2.77. The van der Waals surface area contributed by atoms with Gasteiger partial charge in [0.2, 0.25) is 0 Å². The van der Waals surface area contributed by atoms with E-state index in [1.807, 2.05) is 6.92 Å². The van der Waals surface area contributed by atoms with Crippen LogP contribution in [0.25, 0.3) is 0 Å². The Hall–Kier alpha value is -1.36. The molecule has 1 unspecified atom stereocenters. The molecule has 0 radical (unpaired) electrons. The minimum absolute atomic E-state index is 0.0353. The number of hydrogen-bond donors (Lipinski definition) is 2. The van der Waals surface area contributed by atoms with Crippen LogP contribution in [0.5, 0.6) is 0 Å². The van der Waals surface area contributed by atoms with Gasteiger partial charge in [0, 0.05) is 31.1 Å². The molecule has 1 saturated heterocycles. The molecular weight excluding hydrogens is 240 g/mol. The summed E-state index contributed by atoms with van der Waals surface area (Å²) in [6.45, 7) is 4.11. The van der Waals surface area contributed by atoms with Gasteiger partial charge in [-0.2, -0.15) is 0 Å². The number of aryl methyl sites for hydroxylation is 1. The fourth-order valence-electron chi connectivity index (χ4n) is 2.77. The van der Waals surface area contributed by atoms with E-state index in [2.05, 4.69) is 20.2 Å². The summed E-state index contributed by atoms with van der Waals surface area (Å²) < 4.78 is 0. The molecule has 1 atom stereocenters. The number of aromatic amines is 1. The van der Waals surface area contributed by atoms with Crippen molar-refractivity contribution in [3.63, 3.8) is 0 Å². The highest BCUT2D eigenvalue weighted by Crippen LogP contribution is 2.30. The Morgan fingerprint density at radius 2 is 2.26 bits per heavy atom. The van der Waals surface area contributed by atoms with Crippen molar-refractivity contribution in [1.29, 1.82) is 0 Å². The van der Waals surface area contributed by atoms with Gasteiger partial charge in [-0.3, -0.25) is 4.79 Å². The summed E-state index contributed by atoms with van der Waals surface area (Å²) in [5.41, 5.74) is -0.0353. The maximum absolute atomic E-state index is 11.7. The summed E-state index contributed by atoms with van der Waals surface area (Å²) in [6.07, 6.45) is 5.70. The summed E-state index contributed by atoms with van der Waals surface area (Å²) in [5, 5.41) is 3.53. The number of anilines is 1. The van der Waals surface area contributed by atoms with Crippen LogP contribution in [0.2, 0.25) is 0 Å². The van der Waals surface area contributed by atoms with Crippen molar-refractivity contribution in [1.82, 2.24) is 15.3 Å². The molecular formula is C14H22N4O. The van der Waals surface area contributed by atoms with E-state index >= 15 is 0 Å². The van der Waals surface area contributed by atoms with Gasteiger partial charge in [0.05, 0.1) is 0 Å². The Labute approximate surface area is 113 Å². The Bertz CT molecular complexity index is 488. The molecule has 104 valence electrons. The normalized spacial score (nSPS) is 22.7. The molecule has 5 heteroatoms. The number of aromatic nitrogens is 2. The Kier molecular flexibility index (Phi) is 3.55. The average Bonchev–Trinajstić information content (AvgIpc) is 3.12. The molecule has 1 aromatic heterocycles. The molecule has 0 aromatic carbocycles. The van der Waals surface area contributed by atoms with E-state index < -0.39 is 0 Å². The van der Waals surface area contributed by atoms with Gasteiger partial charge in [-0.15, -0.1) is 0 Å². The molecule has 19 heavy (non-hydrogen) atoms. The van der Waals surface area contributed by atoms with Crippen LogP contribution in [0, 0.1) is 0 Å². The molecule has 0 amide bonds. The van der Waals surface area contributed by atoms with E-state index in [0.29, 0.717) is 12.1 Å². The number of nitrogens with zero attached hydrogens (tertiary/aromatic N) is 2. The van der Waals surface area contributed by atoms with Crippen LogP contribution in [0.1, 0.15) is 38.4 Å². The van der Waals surface area contributed by atoms with Gasteiger partial charge in [-0.25, -0.2) is 4.98 Å². The van der Waals surface area contributed by atoms with Crippen molar-refractivity contribution < 1.29 is 0 Å². The van der Waals surface area contributed by atoms with Crippen molar-refractivity contribution in [2.75, 3.05) is 18.0 Å². The van der Waals surface area contributed by atoms with Gasteiger partial charge in [0.1, 0.15) is 11.6 Å². The number of nitrogens with one attached hydrogen (secondary N) is 2. The van der Waals surface area contributed by atoms with Crippen LogP contribution in [-0.2, 0) is 6.42 Å². The molecule has 2 N–H and O–H groups in total. The average molecular weight is 262 g/mol. The van der Waals surface area contributed by atoms with E-state index in [-0.39, 0.29) is 5.56 Å². The zero-order valence-electron chi connectivity index (χ0n) is 11.5. The molecule has 3 rings (SSSR count). The second kappa shape index (κ2) is 5.33. The van der Waals surface area contributed by atoms with Crippen molar-refractivity contribution in [3.05, 3.63) is 22.2 Å². The first-order valence-electron chi connectivity index (χ1n) is 7.36. The van der Waals surface area contributed by atoms with Crippen molar-refractivity contribution in [2.45, 2.75) is 51.1 Å². The van der Waals surface area contributed by atoms with Crippen LogP contribution < -0.4 is 15.8 Å². The van der Waals surface area contributed by atoms with Crippen molar-refractivity contribution in [3.8, 4) is 0 Å². The largest absolute Gasteiger partial charge is 0.352 e. The van der Waals surface area contributed by atoms with Crippen LogP contribution in [0.3, 0.4) is 0 Å². The minimum Gasteiger partial charge on any atom is -0.352 e. The van der Waals surface area contributed by atoms with E-state index in [1.165, 1.54) is 25.7 Å². The maximum atomic E-state index is 11.7. The van der Waals surface area contributed by atoms with Gasteiger partial charge in [0.25, 0.3) is 5.56 Å². The third-order valence-electron chi connectivity index (χ3n) is 3.97. The molecule has 1 aromatic rings. The lowest BCUT2D eigenvalue weighted by Gasteiger charge is -2.27. The van der Waals surface area contributed by atoms with Gasteiger partial charge < -0.3 is 15.2 Å². The zero-order chi connectivity index (χ0) is 13.2. The summed E-state index contributed by atoms with van der Waals surface area (Å²) in [5.74, 6) is 1.64. The topological polar surface area (TPSA) is 61.0 Å². The van der Waals surface area contributed by atoms with Crippen LogP contribution in [0.15, 0.2) is 10.9 Å². The molecule has 0 bridgehead atoms. The highest BCUT2D eigenvalue weighted by atomic mass is 16.1. The van der Waals surface area contributed by atoms with E-state index in [0.717, 1.165) is 31.2 Å². The van der Waals surface area contributed by atoms with E-state index in [4.69, 9.17) is 0 Å². The molecule has 5 nitrogen and oxygen atoms in total. The van der Waals surface area contributed by atoms with E-state index in [1.54, 1.807) is 6.07 Å². The Balaban J connectivity index is 1.82. The monoisotopic (exact) mass is 262 g/mol. The maximum Gasteiger partial charge on any atom is 0.252 e. The predicted molar refractivity (Wildman–Crippen MR) is 75.6 cm³/mol. The molecule has 2 heterocycles. The molecule has 2 aliphatic rings. The molecule has 2 fully saturated rings. The fraction of sp³-hybridized carbons (Fsp3) is 0.714. The third kappa shape index (κ3) is 2.97.